The van der Waals surface area contributed by atoms with Crippen molar-refractivity contribution in [1.82, 2.24) is 35.2 Å². The Morgan fingerprint density at radius 3 is 2.63 bits per heavy atom. The highest BCUT2D eigenvalue weighted by Crippen LogP contribution is 2.30. The average molecular weight is 394 g/mol. The number of hydrogen-bond acceptors (Lipinski definition) is 5. The van der Waals surface area contributed by atoms with Gasteiger partial charge in [0.25, 0.3) is 5.91 Å². The molecule has 0 radical (unpaired) electrons. The molecule has 2 aromatic rings. The number of aryl methyl sites for hydroxylation is 1. The Labute approximate surface area is 165 Å². The third-order valence-corrected chi connectivity index (χ3v) is 5.53. The lowest BCUT2D eigenvalue weighted by atomic mass is 9.94. The summed E-state index contributed by atoms with van der Waals surface area (Å²) in [5.41, 5.74) is 2.48. The van der Waals surface area contributed by atoms with Crippen LogP contribution in [-0.4, -0.2) is 55.4 Å². The summed E-state index contributed by atoms with van der Waals surface area (Å²) < 4.78 is 2.26. The fourth-order valence-electron chi connectivity index (χ4n) is 4.05. The second-order valence-electron chi connectivity index (χ2n) is 7.63. The third-order valence-electron chi connectivity index (χ3n) is 5.53. The lowest BCUT2D eigenvalue weighted by molar-refractivity contribution is 0.0708. The zero-order valence-corrected chi connectivity index (χ0v) is 17.0. The summed E-state index contributed by atoms with van der Waals surface area (Å²) in [5, 5.41) is 19.4. The number of nitrogens with zero attached hydrogens (tertiary/aromatic N) is 5. The standard InChI is InChI=1S/C18H27N7O.ClH/c1-11(2)16-15(12(3)20-22-16)18(26)24-7-4-13(5-8-24)17-23-21-14-10-19-6-9-25(14)17;/h11,13,19H,4-10H2,1-3H3,(H,20,22);1H. The Morgan fingerprint density at radius 2 is 1.93 bits per heavy atom. The summed E-state index contributed by atoms with van der Waals surface area (Å²) in [6, 6.07) is 0. The Balaban J connectivity index is 0.00000210. The number of fused-ring (bicyclic) bond motifs is 1. The van der Waals surface area contributed by atoms with Gasteiger partial charge in [-0.15, -0.1) is 22.6 Å². The highest BCUT2D eigenvalue weighted by atomic mass is 35.5. The molecule has 4 rings (SSSR count). The van der Waals surface area contributed by atoms with Crippen molar-refractivity contribution in [3.8, 4) is 0 Å². The third kappa shape index (κ3) is 3.60. The first-order chi connectivity index (χ1) is 12.6. The summed E-state index contributed by atoms with van der Waals surface area (Å²) >= 11 is 0. The molecule has 1 saturated heterocycles. The topological polar surface area (TPSA) is 91.7 Å². The van der Waals surface area contributed by atoms with Crippen molar-refractivity contribution in [3.05, 3.63) is 28.6 Å². The van der Waals surface area contributed by atoms with Crippen LogP contribution >= 0.6 is 12.4 Å². The van der Waals surface area contributed by atoms with Gasteiger partial charge in [-0.25, -0.2) is 0 Å². The van der Waals surface area contributed by atoms with Gasteiger partial charge in [-0.3, -0.25) is 9.89 Å². The van der Waals surface area contributed by atoms with Crippen LogP contribution < -0.4 is 5.32 Å². The first-order valence-corrected chi connectivity index (χ1v) is 9.53. The molecular formula is C18H28ClN7O. The van der Waals surface area contributed by atoms with Gasteiger partial charge in [-0.1, -0.05) is 13.8 Å². The monoisotopic (exact) mass is 393 g/mol. The van der Waals surface area contributed by atoms with E-state index in [9.17, 15) is 4.79 Å². The fourth-order valence-corrected chi connectivity index (χ4v) is 4.05. The van der Waals surface area contributed by atoms with Crippen molar-refractivity contribution >= 4 is 18.3 Å². The van der Waals surface area contributed by atoms with Crippen LogP contribution in [0, 0.1) is 6.92 Å². The lowest BCUT2D eigenvalue weighted by Crippen LogP contribution is -2.39. The summed E-state index contributed by atoms with van der Waals surface area (Å²) in [6.07, 6.45) is 1.87. The molecule has 1 amide bonds. The van der Waals surface area contributed by atoms with Gasteiger partial charge in [-0.2, -0.15) is 5.10 Å². The number of aromatic amines is 1. The van der Waals surface area contributed by atoms with Gasteiger partial charge in [0.2, 0.25) is 0 Å². The van der Waals surface area contributed by atoms with Crippen LogP contribution in [0.5, 0.6) is 0 Å². The number of halogens is 1. The van der Waals surface area contributed by atoms with E-state index in [2.05, 4.69) is 44.1 Å². The predicted octanol–water partition coefficient (Wildman–Crippen LogP) is 1.98. The molecule has 9 heteroatoms. The van der Waals surface area contributed by atoms with Crippen LogP contribution in [0.1, 0.15) is 71.9 Å². The number of aromatic nitrogens is 5. The number of likely N-dealkylation sites (tertiary alicyclic amines) is 1. The first kappa shape index (κ1) is 19.8. The minimum Gasteiger partial charge on any atom is -0.338 e. The Bertz CT molecular complexity index is 805. The van der Waals surface area contributed by atoms with E-state index in [1.165, 1.54) is 0 Å². The normalized spacial score (nSPS) is 17.7. The predicted molar refractivity (Wildman–Crippen MR) is 104 cm³/mol. The second-order valence-corrected chi connectivity index (χ2v) is 7.63. The molecule has 148 valence electrons. The number of H-pyrrole nitrogens is 1. The largest absolute Gasteiger partial charge is 0.338 e. The molecule has 2 aliphatic rings. The van der Waals surface area contributed by atoms with Gasteiger partial charge in [0, 0.05) is 37.8 Å². The molecule has 8 nitrogen and oxygen atoms in total. The van der Waals surface area contributed by atoms with Gasteiger partial charge < -0.3 is 14.8 Å². The number of carbonyl (C=O) groups excluding carboxylic acids is 1. The Morgan fingerprint density at radius 1 is 1.19 bits per heavy atom. The van der Waals surface area contributed by atoms with E-state index in [0.29, 0.717) is 5.92 Å². The van der Waals surface area contributed by atoms with E-state index < -0.39 is 0 Å². The number of carbonyl (C=O) groups is 1. The molecule has 0 saturated carbocycles. The molecule has 0 aromatic carbocycles. The highest BCUT2D eigenvalue weighted by Gasteiger charge is 2.31. The maximum absolute atomic E-state index is 13.1. The minimum absolute atomic E-state index is 0. The maximum Gasteiger partial charge on any atom is 0.257 e. The molecule has 2 N–H and O–H groups in total. The van der Waals surface area contributed by atoms with Gasteiger partial charge >= 0.3 is 0 Å². The first-order valence-electron chi connectivity index (χ1n) is 9.53. The van der Waals surface area contributed by atoms with Gasteiger partial charge in [0.15, 0.2) is 0 Å². The summed E-state index contributed by atoms with van der Waals surface area (Å²) in [7, 11) is 0. The van der Waals surface area contributed by atoms with Crippen molar-refractivity contribution in [2.24, 2.45) is 0 Å². The smallest absolute Gasteiger partial charge is 0.257 e. The SMILES string of the molecule is Cc1[nH]nc(C(C)C)c1C(=O)N1CCC(c2nnc3n2CCNC3)CC1.Cl. The van der Waals surface area contributed by atoms with Crippen LogP contribution in [0.15, 0.2) is 0 Å². The van der Waals surface area contributed by atoms with E-state index in [1.807, 2.05) is 11.8 Å². The molecule has 0 spiro atoms. The number of hydrogen-bond donors (Lipinski definition) is 2. The molecule has 4 heterocycles. The van der Waals surface area contributed by atoms with Crippen LogP contribution in [0.25, 0.3) is 0 Å². The summed E-state index contributed by atoms with van der Waals surface area (Å²) in [4.78, 5) is 15.0. The highest BCUT2D eigenvalue weighted by molar-refractivity contribution is 5.96. The fraction of sp³-hybridized carbons (Fsp3) is 0.667. The maximum atomic E-state index is 13.1. The molecule has 0 atom stereocenters. The molecular weight excluding hydrogens is 366 g/mol. The van der Waals surface area contributed by atoms with Crippen LogP contribution in [0.4, 0.5) is 0 Å². The van der Waals surface area contributed by atoms with Crippen molar-refractivity contribution in [2.45, 2.75) is 58.5 Å². The quantitative estimate of drug-likeness (QED) is 0.831. The second kappa shape index (κ2) is 7.98. The van der Waals surface area contributed by atoms with E-state index in [1.54, 1.807) is 0 Å². The lowest BCUT2D eigenvalue weighted by Gasteiger charge is -2.32. The number of rotatable bonds is 3. The summed E-state index contributed by atoms with van der Waals surface area (Å²) in [5.74, 6) is 2.84. The molecule has 2 aromatic heterocycles. The van der Waals surface area contributed by atoms with Crippen molar-refractivity contribution in [3.63, 3.8) is 0 Å². The van der Waals surface area contributed by atoms with E-state index in [0.717, 1.165) is 74.2 Å². The number of nitrogens with one attached hydrogen (secondary N) is 2. The van der Waals surface area contributed by atoms with Crippen LogP contribution in [-0.2, 0) is 13.1 Å². The number of amides is 1. The van der Waals surface area contributed by atoms with Crippen molar-refractivity contribution in [1.29, 1.82) is 0 Å². The zero-order chi connectivity index (χ0) is 18.3. The Hall–Kier alpha value is -1.93. The molecule has 27 heavy (non-hydrogen) atoms. The van der Waals surface area contributed by atoms with Crippen LogP contribution in [0.2, 0.25) is 0 Å². The van der Waals surface area contributed by atoms with Gasteiger partial charge in [-0.05, 0) is 25.7 Å². The zero-order valence-electron chi connectivity index (χ0n) is 16.2. The van der Waals surface area contributed by atoms with Gasteiger partial charge in [0.05, 0.1) is 17.8 Å². The van der Waals surface area contributed by atoms with Crippen LogP contribution in [0.3, 0.4) is 0 Å². The van der Waals surface area contributed by atoms with E-state index in [-0.39, 0.29) is 24.2 Å². The molecule has 1 fully saturated rings. The minimum atomic E-state index is 0. The van der Waals surface area contributed by atoms with Crippen molar-refractivity contribution < 1.29 is 4.79 Å². The number of piperidine rings is 1. The van der Waals surface area contributed by atoms with Crippen molar-refractivity contribution in [2.75, 3.05) is 19.6 Å². The molecule has 0 unspecified atom stereocenters. The molecule has 0 bridgehead atoms. The Kier molecular flexibility index (Phi) is 5.86. The molecule has 0 aliphatic carbocycles. The average Bonchev–Trinajstić information content (AvgIpc) is 3.25. The molecule has 2 aliphatic heterocycles. The van der Waals surface area contributed by atoms with E-state index in [4.69, 9.17) is 0 Å². The van der Waals surface area contributed by atoms with Gasteiger partial charge in [0.1, 0.15) is 11.6 Å². The summed E-state index contributed by atoms with van der Waals surface area (Å²) in [6.45, 7) is 10.3. The van der Waals surface area contributed by atoms with E-state index >= 15 is 0 Å².